The average Bonchev–Trinajstić information content (AvgIpc) is 3.62. The average molecular weight is 395 g/mol. The van der Waals surface area contributed by atoms with Crippen LogP contribution in [-0.2, 0) is 6.54 Å². The third kappa shape index (κ3) is 3.98. The Kier molecular flexibility index (Phi) is 4.81. The maximum absolute atomic E-state index is 12.3. The monoisotopic (exact) mass is 395 g/mol. The summed E-state index contributed by atoms with van der Waals surface area (Å²) in [4.78, 5) is 25.1. The first-order valence-corrected chi connectivity index (χ1v) is 10.0. The zero-order valence-corrected chi connectivity index (χ0v) is 16.4. The molecular weight excluding hydrogens is 374 g/mol. The standard InChI is InChI=1S/C24H21N5O/c30-24(19-5-2-10-25-14-19)26-13-16-3-1-4-17(11-16)18-6-9-22-21(12-18)23(28-15-27-22)29-20-7-8-20/h1-6,9-12,14-15,20H,7-8,13H2,(H,26,30)(H,27,28,29). The highest BCUT2D eigenvalue weighted by atomic mass is 16.1. The van der Waals surface area contributed by atoms with Crippen molar-refractivity contribution in [2.75, 3.05) is 5.32 Å². The summed E-state index contributed by atoms with van der Waals surface area (Å²) in [7, 11) is 0. The van der Waals surface area contributed by atoms with Crippen molar-refractivity contribution in [1.82, 2.24) is 20.3 Å². The molecule has 1 fully saturated rings. The van der Waals surface area contributed by atoms with Gasteiger partial charge in [-0.15, -0.1) is 0 Å². The van der Waals surface area contributed by atoms with Crippen molar-refractivity contribution in [2.24, 2.45) is 0 Å². The summed E-state index contributed by atoms with van der Waals surface area (Å²) < 4.78 is 0. The first-order valence-electron chi connectivity index (χ1n) is 10.0. The van der Waals surface area contributed by atoms with Crippen LogP contribution in [-0.4, -0.2) is 26.9 Å². The molecule has 0 bridgehead atoms. The summed E-state index contributed by atoms with van der Waals surface area (Å²) in [6.45, 7) is 0.451. The third-order valence-corrected chi connectivity index (χ3v) is 5.19. The van der Waals surface area contributed by atoms with Crippen molar-refractivity contribution in [3.05, 3.63) is 84.4 Å². The summed E-state index contributed by atoms with van der Waals surface area (Å²) in [5.41, 5.74) is 4.70. The van der Waals surface area contributed by atoms with Gasteiger partial charge in [-0.05, 0) is 59.9 Å². The van der Waals surface area contributed by atoms with E-state index in [2.05, 4.69) is 49.9 Å². The van der Waals surface area contributed by atoms with Crippen LogP contribution in [0.4, 0.5) is 5.82 Å². The van der Waals surface area contributed by atoms with E-state index in [4.69, 9.17) is 0 Å². The minimum absolute atomic E-state index is 0.132. The van der Waals surface area contributed by atoms with Crippen LogP contribution in [0.25, 0.3) is 22.0 Å². The van der Waals surface area contributed by atoms with E-state index in [1.807, 2.05) is 18.2 Å². The molecule has 30 heavy (non-hydrogen) atoms. The summed E-state index contributed by atoms with van der Waals surface area (Å²) in [6, 6.07) is 18.5. The predicted octanol–water partition coefficient (Wildman–Crippen LogP) is 4.20. The SMILES string of the molecule is O=C(NCc1cccc(-c2ccc3ncnc(NC4CC4)c3c2)c1)c1cccnc1. The van der Waals surface area contributed by atoms with Crippen LogP contribution in [0.3, 0.4) is 0 Å². The van der Waals surface area contributed by atoms with Crippen molar-refractivity contribution >= 4 is 22.6 Å². The van der Waals surface area contributed by atoms with E-state index in [9.17, 15) is 4.79 Å². The Hall–Kier alpha value is -3.80. The summed E-state index contributed by atoms with van der Waals surface area (Å²) in [6.07, 6.45) is 7.21. The van der Waals surface area contributed by atoms with E-state index in [-0.39, 0.29) is 5.91 Å². The van der Waals surface area contributed by atoms with Gasteiger partial charge in [-0.2, -0.15) is 0 Å². The first-order chi connectivity index (χ1) is 14.8. The van der Waals surface area contributed by atoms with Crippen LogP contribution in [0.15, 0.2) is 73.3 Å². The number of hydrogen-bond acceptors (Lipinski definition) is 5. The number of amides is 1. The van der Waals surface area contributed by atoms with Gasteiger partial charge in [0.1, 0.15) is 12.1 Å². The van der Waals surface area contributed by atoms with E-state index in [0.717, 1.165) is 33.4 Å². The molecule has 0 aliphatic heterocycles. The van der Waals surface area contributed by atoms with Crippen LogP contribution in [0.5, 0.6) is 0 Å². The summed E-state index contributed by atoms with van der Waals surface area (Å²) >= 11 is 0. The topological polar surface area (TPSA) is 79.8 Å². The maximum atomic E-state index is 12.3. The fourth-order valence-electron chi connectivity index (χ4n) is 3.41. The largest absolute Gasteiger partial charge is 0.367 e. The number of rotatable bonds is 6. The Morgan fingerprint density at radius 2 is 1.90 bits per heavy atom. The summed E-state index contributed by atoms with van der Waals surface area (Å²) in [5.74, 6) is 0.761. The van der Waals surface area contributed by atoms with Crippen LogP contribution in [0, 0.1) is 0 Å². The van der Waals surface area contributed by atoms with E-state index >= 15 is 0 Å². The van der Waals surface area contributed by atoms with E-state index in [1.165, 1.54) is 12.8 Å². The molecule has 2 aromatic heterocycles. The molecule has 4 aromatic rings. The molecule has 1 aliphatic carbocycles. The molecule has 2 N–H and O–H groups in total. The normalized spacial score (nSPS) is 13.2. The lowest BCUT2D eigenvalue weighted by Gasteiger charge is -2.10. The predicted molar refractivity (Wildman–Crippen MR) is 117 cm³/mol. The second kappa shape index (κ2) is 7.91. The second-order valence-electron chi connectivity index (χ2n) is 7.50. The van der Waals surface area contributed by atoms with Gasteiger partial charge >= 0.3 is 0 Å². The fourth-order valence-corrected chi connectivity index (χ4v) is 3.41. The number of carbonyl (C=O) groups is 1. The third-order valence-electron chi connectivity index (χ3n) is 5.19. The Morgan fingerprint density at radius 3 is 2.73 bits per heavy atom. The molecule has 1 saturated carbocycles. The number of aromatic nitrogens is 3. The van der Waals surface area contributed by atoms with Gasteiger partial charge in [-0.3, -0.25) is 9.78 Å². The molecule has 1 aliphatic rings. The minimum Gasteiger partial charge on any atom is -0.367 e. The Balaban J connectivity index is 1.38. The number of nitrogens with one attached hydrogen (secondary N) is 2. The Labute approximate surface area is 174 Å². The number of anilines is 1. The van der Waals surface area contributed by atoms with Crippen LogP contribution >= 0.6 is 0 Å². The lowest BCUT2D eigenvalue weighted by Crippen LogP contribution is -2.22. The number of benzene rings is 2. The Bertz CT molecular complexity index is 1200. The number of pyridine rings is 1. The first kappa shape index (κ1) is 18.2. The zero-order valence-electron chi connectivity index (χ0n) is 16.4. The molecule has 0 radical (unpaired) electrons. The smallest absolute Gasteiger partial charge is 0.253 e. The van der Waals surface area contributed by atoms with Crippen molar-refractivity contribution in [3.8, 4) is 11.1 Å². The zero-order chi connectivity index (χ0) is 20.3. The van der Waals surface area contributed by atoms with Crippen LogP contribution in [0.2, 0.25) is 0 Å². The van der Waals surface area contributed by atoms with E-state index in [1.54, 1.807) is 30.9 Å². The molecule has 0 atom stereocenters. The molecule has 148 valence electrons. The van der Waals surface area contributed by atoms with Gasteiger partial charge in [0.25, 0.3) is 5.91 Å². The summed E-state index contributed by atoms with van der Waals surface area (Å²) in [5, 5.41) is 7.47. The highest BCUT2D eigenvalue weighted by Gasteiger charge is 2.22. The van der Waals surface area contributed by atoms with Gasteiger partial charge in [0, 0.05) is 30.4 Å². The molecule has 1 amide bonds. The molecule has 5 rings (SSSR count). The minimum atomic E-state index is -0.132. The van der Waals surface area contributed by atoms with Gasteiger partial charge in [-0.1, -0.05) is 24.3 Å². The van der Waals surface area contributed by atoms with Crippen LogP contribution in [0.1, 0.15) is 28.8 Å². The van der Waals surface area contributed by atoms with E-state index in [0.29, 0.717) is 18.2 Å². The molecule has 2 heterocycles. The second-order valence-corrected chi connectivity index (χ2v) is 7.50. The molecule has 6 nitrogen and oxygen atoms in total. The number of hydrogen-bond donors (Lipinski definition) is 2. The number of nitrogens with zero attached hydrogens (tertiary/aromatic N) is 3. The molecule has 2 aromatic carbocycles. The van der Waals surface area contributed by atoms with Gasteiger partial charge in [0.15, 0.2) is 0 Å². The van der Waals surface area contributed by atoms with Crippen molar-refractivity contribution in [3.63, 3.8) is 0 Å². The quantitative estimate of drug-likeness (QED) is 0.512. The lowest BCUT2D eigenvalue weighted by molar-refractivity contribution is 0.0950. The molecule has 0 spiro atoms. The fraction of sp³-hybridized carbons (Fsp3) is 0.167. The van der Waals surface area contributed by atoms with Gasteiger partial charge < -0.3 is 10.6 Å². The van der Waals surface area contributed by atoms with Gasteiger partial charge in [-0.25, -0.2) is 9.97 Å². The lowest BCUT2D eigenvalue weighted by atomic mass is 10.0. The highest BCUT2D eigenvalue weighted by molar-refractivity contribution is 5.94. The Morgan fingerprint density at radius 1 is 1.00 bits per heavy atom. The maximum Gasteiger partial charge on any atom is 0.253 e. The molecule has 0 unspecified atom stereocenters. The molecular formula is C24H21N5O. The van der Waals surface area contributed by atoms with Crippen molar-refractivity contribution in [2.45, 2.75) is 25.4 Å². The van der Waals surface area contributed by atoms with Crippen LogP contribution < -0.4 is 10.6 Å². The highest BCUT2D eigenvalue weighted by Crippen LogP contribution is 2.30. The van der Waals surface area contributed by atoms with Gasteiger partial charge in [0.2, 0.25) is 0 Å². The van der Waals surface area contributed by atoms with Crippen molar-refractivity contribution < 1.29 is 4.79 Å². The molecule has 6 heteroatoms. The van der Waals surface area contributed by atoms with Gasteiger partial charge in [0.05, 0.1) is 11.1 Å². The van der Waals surface area contributed by atoms with E-state index < -0.39 is 0 Å². The molecule has 0 saturated heterocycles. The number of carbonyl (C=O) groups excluding carboxylic acids is 1. The van der Waals surface area contributed by atoms with Crippen molar-refractivity contribution in [1.29, 1.82) is 0 Å². The number of fused-ring (bicyclic) bond motifs is 1.